The SMILES string of the molecule is COc1ccccc1C1(CNc2snc(Cl)c2C#N)CCCC1. The number of methoxy groups -OCH3 is 1. The molecule has 1 aromatic carbocycles. The number of rotatable bonds is 5. The van der Waals surface area contributed by atoms with E-state index in [0.29, 0.717) is 5.56 Å². The van der Waals surface area contributed by atoms with Crippen molar-refractivity contribution in [1.82, 2.24) is 4.37 Å². The molecule has 1 heterocycles. The zero-order valence-corrected chi connectivity index (χ0v) is 14.5. The number of nitriles is 1. The summed E-state index contributed by atoms with van der Waals surface area (Å²) in [5.74, 6) is 0.930. The first kappa shape index (κ1) is 16.1. The van der Waals surface area contributed by atoms with Crippen LogP contribution in [0.1, 0.15) is 36.8 Å². The molecule has 1 fully saturated rings. The molecule has 4 nitrogen and oxygen atoms in total. The van der Waals surface area contributed by atoms with Gasteiger partial charge in [0.15, 0.2) is 5.15 Å². The maximum atomic E-state index is 9.22. The van der Waals surface area contributed by atoms with E-state index in [9.17, 15) is 5.26 Å². The van der Waals surface area contributed by atoms with Gasteiger partial charge in [0.05, 0.1) is 7.11 Å². The quantitative estimate of drug-likeness (QED) is 0.858. The Morgan fingerprint density at radius 3 is 2.83 bits per heavy atom. The van der Waals surface area contributed by atoms with Gasteiger partial charge in [-0.05, 0) is 30.4 Å². The van der Waals surface area contributed by atoms with Crippen LogP contribution in [0.4, 0.5) is 5.00 Å². The molecule has 0 unspecified atom stereocenters. The molecule has 1 aliphatic rings. The van der Waals surface area contributed by atoms with Gasteiger partial charge in [0.2, 0.25) is 0 Å². The molecule has 3 rings (SSSR count). The third-order valence-electron chi connectivity index (χ3n) is 4.59. The normalized spacial score (nSPS) is 16.0. The van der Waals surface area contributed by atoms with Crippen LogP contribution < -0.4 is 10.1 Å². The van der Waals surface area contributed by atoms with Gasteiger partial charge in [-0.15, -0.1) is 0 Å². The van der Waals surface area contributed by atoms with Gasteiger partial charge >= 0.3 is 0 Å². The number of ether oxygens (including phenoxy) is 1. The molecule has 0 spiro atoms. The number of benzene rings is 1. The largest absolute Gasteiger partial charge is 0.496 e. The Morgan fingerprint density at radius 2 is 2.13 bits per heavy atom. The van der Waals surface area contributed by atoms with Gasteiger partial charge in [0.25, 0.3) is 0 Å². The smallest absolute Gasteiger partial charge is 0.162 e. The van der Waals surface area contributed by atoms with Crippen molar-refractivity contribution in [3.8, 4) is 11.8 Å². The molecule has 0 radical (unpaired) electrons. The Kier molecular flexibility index (Phi) is 4.74. The summed E-state index contributed by atoms with van der Waals surface area (Å²) in [6.07, 6.45) is 4.62. The van der Waals surface area contributed by atoms with Crippen molar-refractivity contribution < 1.29 is 4.74 Å². The monoisotopic (exact) mass is 347 g/mol. The van der Waals surface area contributed by atoms with E-state index in [1.165, 1.54) is 29.9 Å². The van der Waals surface area contributed by atoms with Gasteiger partial charge in [-0.3, -0.25) is 0 Å². The molecule has 0 aliphatic heterocycles. The van der Waals surface area contributed by atoms with Crippen molar-refractivity contribution in [2.24, 2.45) is 0 Å². The van der Waals surface area contributed by atoms with Crippen LogP contribution in [-0.2, 0) is 5.41 Å². The molecule has 0 saturated heterocycles. The average Bonchev–Trinajstić information content (AvgIpc) is 3.20. The molecular weight excluding hydrogens is 330 g/mol. The van der Waals surface area contributed by atoms with Crippen LogP contribution in [0.5, 0.6) is 5.75 Å². The molecule has 23 heavy (non-hydrogen) atoms. The molecule has 1 saturated carbocycles. The second-order valence-corrected chi connectivity index (χ2v) is 6.96. The zero-order valence-electron chi connectivity index (χ0n) is 12.9. The molecular formula is C17H18ClN3OS. The number of hydrogen-bond donors (Lipinski definition) is 1. The lowest BCUT2D eigenvalue weighted by Crippen LogP contribution is -2.31. The fraction of sp³-hybridized carbons (Fsp3) is 0.412. The fourth-order valence-electron chi connectivity index (χ4n) is 3.41. The van der Waals surface area contributed by atoms with Crippen LogP contribution in [0.25, 0.3) is 0 Å². The molecule has 1 aliphatic carbocycles. The molecule has 0 bridgehead atoms. The van der Waals surface area contributed by atoms with E-state index in [2.05, 4.69) is 27.9 Å². The maximum Gasteiger partial charge on any atom is 0.162 e. The third kappa shape index (κ3) is 3.01. The number of hydrogen-bond acceptors (Lipinski definition) is 5. The lowest BCUT2D eigenvalue weighted by atomic mass is 9.78. The highest BCUT2D eigenvalue weighted by atomic mass is 35.5. The summed E-state index contributed by atoms with van der Waals surface area (Å²) in [5, 5.41) is 13.7. The van der Waals surface area contributed by atoms with E-state index < -0.39 is 0 Å². The Bertz CT molecular complexity index is 732. The fourth-order valence-corrected chi connectivity index (χ4v) is 4.34. The van der Waals surface area contributed by atoms with Gasteiger partial charge in [0, 0.05) is 17.5 Å². The number of nitrogens with one attached hydrogen (secondary N) is 1. The van der Waals surface area contributed by atoms with Gasteiger partial charge in [-0.25, -0.2) is 0 Å². The maximum absolute atomic E-state index is 9.22. The van der Waals surface area contributed by atoms with Gasteiger partial charge in [-0.2, -0.15) is 9.64 Å². The van der Waals surface area contributed by atoms with Crippen molar-refractivity contribution in [2.75, 3.05) is 19.0 Å². The van der Waals surface area contributed by atoms with E-state index in [-0.39, 0.29) is 10.6 Å². The van der Waals surface area contributed by atoms with E-state index in [0.717, 1.165) is 30.1 Å². The van der Waals surface area contributed by atoms with Crippen molar-refractivity contribution in [3.05, 3.63) is 40.5 Å². The summed E-state index contributed by atoms with van der Waals surface area (Å²) in [6.45, 7) is 0.751. The predicted molar refractivity (Wildman–Crippen MR) is 93.5 cm³/mol. The van der Waals surface area contributed by atoms with E-state index in [1.807, 2.05) is 12.1 Å². The molecule has 6 heteroatoms. The van der Waals surface area contributed by atoms with Crippen LogP contribution >= 0.6 is 23.1 Å². The molecule has 0 amide bonds. The van der Waals surface area contributed by atoms with E-state index >= 15 is 0 Å². The van der Waals surface area contributed by atoms with Crippen LogP contribution in [-0.4, -0.2) is 18.0 Å². The minimum Gasteiger partial charge on any atom is -0.496 e. The summed E-state index contributed by atoms with van der Waals surface area (Å²) in [5.41, 5.74) is 1.70. The third-order valence-corrected chi connectivity index (χ3v) is 5.77. The summed E-state index contributed by atoms with van der Waals surface area (Å²) in [4.78, 5) is 0. The van der Waals surface area contributed by atoms with Gasteiger partial charge < -0.3 is 10.1 Å². The lowest BCUT2D eigenvalue weighted by Gasteiger charge is -2.31. The topological polar surface area (TPSA) is 57.9 Å². The molecule has 120 valence electrons. The predicted octanol–water partition coefficient (Wildman–Crippen LogP) is 4.60. The first-order chi connectivity index (χ1) is 11.2. The molecule has 0 atom stereocenters. The zero-order chi connectivity index (χ0) is 16.3. The first-order valence-electron chi connectivity index (χ1n) is 7.63. The summed E-state index contributed by atoms with van der Waals surface area (Å²) in [7, 11) is 1.71. The van der Waals surface area contributed by atoms with Crippen LogP contribution in [0.2, 0.25) is 5.15 Å². The summed E-state index contributed by atoms with van der Waals surface area (Å²) in [6, 6.07) is 10.3. The highest BCUT2D eigenvalue weighted by molar-refractivity contribution is 7.10. The number of anilines is 1. The second-order valence-electron chi connectivity index (χ2n) is 5.83. The Balaban J connectivity index is 1.89. The van der Waals surface area contributed by atoms with Crippen molar-refractivity contribution >= 4 is 28.1 Å². The van der Waals surface area contributed by atoms with Crippen LogP contribution in [0.15, 0.2) is 24.3 Å². The summed E-state index contributed by atoms with van der Waals surface area (Å²) >= 11 is 7.20. The van der Waals surface area contributed by atoms with Gasteiger partial charge in [0.1, 0.15) is 22.4 Å². The van der Waals surface area contributed by atoms with E-state index in [4.69, 9.17) is 16.3 Å². The Morgan fingerprint density at radius 1 is 1.39 bits per heavy atom. The number of para-hydroxylation sites is 1. The Labute approximate surface area is 145 Å². The number of aromatic nitrogens is 1. The van der Waals surface area contributed by atoms with Crippen molar-refractivity contribution in [2.45, 2.75) is 31.1 Å². The second kappa shape index (κ2) is 6.77. The summed E-state index contributed by atoms with van der Waals surface area (Å²) < 4.78 is 9.63. The standard InChI is InChI=1S/C17H18ClN3OS/c1-22-14-7-3-2-6-13(14)17(8-4-5-9-17)11-20-16-12(10-19)15(18)21-23-16/h2-3,6-7,20H,4-5,8-9,11H2,1H3. The lowest BCUT2D eigenvalue weighted by molar-refractivity contribution is 0.381. The molecule has 2 aromatic rings. The first-order valence-corrected chi connectivity index (χ1v) is 8.78. The van der Waals surface area contributed by atoms with Crippen molar-refractivity contribution in [1.29, 1.82) is 5.26 Å². The molecule has 1 aromatic heterocycles. The van der Waals surface area contributed by atoms with E-state index in [1.54, 1.807) is 7.11 Å². The van der Waals surface area contributed by atoms with Crippen molar-refractivity contribution in [3.63, 3.8) is 0 Å². The Hall–Kier alpha value is -1.77. The van der Waals surface area contributed by atoms with Crippen LogP contribution in [0.3, 0.4) is 0 Å². The van der Waals surface area contributed by atoms with Crippen LogP contribution in [0, 0.1) is 11.3 Å². The number of halogens is 1. The molecule has 1 N–H and O–H groups in total. The van der Waals surface area contributed by atoms with Gasteiger partial charge in [-0.1, -0.05) is 42.6 Å². The minimum atomic E-state index is 0.0236. The minimum absolute atomic E-state index is 0.0236. The highest BCUT2D eigenvalue weighted by Gasteiger charge is 2.37. The average molecular weight is 348 g/mol. The highest BCUT2D eigenvalue weighted by Crippen LogP contribution is 2.45. The number of nitrogens with zero attached hydrogens (tertiary/aromatic N) is 2.